The predicted octanol–water partition coefficient (Wildman–Crippen LogP) is 3.74. The molecular formula is C22H35N6O7PS. The maximum atomic E-state index is 13.9. The number of thioether (sulfide) groups is 1. The summed E-state index contributed by atoms with van der Waals surface area (Å²) in [5, 5.41) is 3.80. The van der Waals surface area contributed by atoms with Crippen molar-refractivity contribution in [3.05, 3.63) is 43.0 Å². The van der Waals surface area contributed by atoms with Gasteiger partial charge in [-0.3, -0.25) is 28.2 Å². The zero-order chi connectivity index (χ0) is 27.2. The molecule has 2 saturated heterocycles. The molecule has 1 unspecified atom stereocenters. The summed E-state index contributed by atoms with van der Waals surface area (Å²) >= 11 is 1.13. The van der Waals surface area contributed by atoms with Crippen LogP contribution in [0, 0.1) is 12.3 Å². The third kappa shape index (κ3) is 7.79. The first-order chi connectivity index (χ1) is 17.4. The van der Waals surface area contributed by atoms with E-state index in [9.17, 15) is 18.9 Å². The van der Waals surface area contributed by atoms with Crippen LogP contribution in [0.5, 0.6) is 0 Å². The molecule has 1 N–H and O–H groups in total. The lowest BCUT2D eigenvalue weighted by molar-refractivity contribution is -0.117. The number of carbonyl (C=O) groups is 1. The number of piperidine rings is 1. The highest BCUT2D eigenvalue weighted by Crippen LogP contribution is 2.53. The molecule has 37 heavy (non-hydrogen) atoms. The van der Waals surface area contributed by atoms with Gasteiger partial charge in [-0.2, -0.15) is 0 Å². The molecule has 13 nitrogen and oxygen atoms in total. The topological polar surface area (TPSA) is 169 Å². The van der Waals surface area contributed by atoms with Crippen molar-refractivity contribution in [3.8, 4) is 0 Å². The van der Waals surface area contributed by atoms with Gasteiger partial charge in [0.15, 0.2) is 5.12 Å². The van der Waals surface area contributed by atoms with Gasteiger partial charge in [-0.15, -0.1) is 0 Å². The SMILES string of the molecule is Cc1cn([C@H]2C[C@H](N=[N+]=[N-])[C@@H](COP(=O)(OCCSC(=O)C(C)(C)C)N3CCCCC3)O2)c(=O)[nH]c1=O. The molecule has 0 saturated carbocycles. The van der Waals surface area contributed by atoms with E-state index >= 15 is 0 Å². The highest BCUT2D eigenvalue weighted by Gasteiger charge is 2.41. The summed E-state index contributed by atoms with van der Waals surface area (Å²) in [6.45, 7) is 8.03. The predicted molar refractivity (Wildman–Crippen MR) is 139 cm³/mol. The number of ether oxygens (including phenoxy) is 1. The second-order valence-corrected chi connectivity index (χ2v) is 13.2. The van der Waals surface area contributed by atoms with E-state index in [4.69, 9.17) is 19.3 Å². The van der Waals surface area contributed by atoms with Gasteiger partial charge in [0.05, 0.1) is 25.4 Å². The van der Waals surface area contributed by atoms with Crippen molar-refractivity contribution < 1.29 is 23.1 Å². The highest BCUT2D eigenvalue weighted by molar-refractivity contribution is 8.13. The summed E-state index contributed by atoms with van der Waals surface area (Å²) in [5.74, 6) is 0.328. The first kappa shape index (κ1) is 29.6. The van der Waals surface area contributed by atoms with Crippen molar-refractivity contribution in [3.63, 3.8) is 0 Å². The molecule has 3 rings (SSSR count). The third-order valence-corrected chi connectivity index (χ3v) is 9.45. The Hall–Kier alpha value is -1.92. The number of nitrogens with one attached hydrogen (secondary N) is 1. The van der Waals surface area contributed by atoms with E-state index in [1.165, 1.54) is 10.8 Å². The highest BCUT2D eigenvalue weighted by atomic mass is 32.2. The van der Waals surface area contributed by atoms with E-state index in [1.54, 1.807) is 11.6 Å². The van der Waals surface area contributed by atoms with Crippen LogP contribution in [0.3, 0.4) is 0 Å². The molecule has 2 aliphatic rings. The van der Waals surface area contributed by atoms with E-state index in [-0.39, 0.29) is 24.7 Å². The van der Waals surface area contributed by atoms with Crippen LogP contribution in [-0.4, -0.2) is 63.5 Å². The van der Waals surface area contributed by atoms with Crippen molar-refractivity contribution in [2.45, 2.75) is 71.8 Å². The molecule has 0 aromatic carbocycles. The molecule has 0 spiro atoms. The molecule has 3 heterocycles. The van der Waals surface area contributed by atoms with Gasteiger partial charge >= 0.3 is 13.4 Å². The molecule has 4 atom stereocenters. The van der Waals surface area contributed by atoms with E-state index in [0.717, 1.165) is 31.0 Å². The monoisotopic (exact) mass is 558 g/mol. The Kier molecular flexibility index (Phi) is 10.2. The number of aryl methyl sites for hydroxylation is 1. The van der Waals surface area contributed by atoms with E-state index in [0.29, 0.717) is 24.4 Å². The van der Waals surface area contributed by atoms with Crippen LogP contribution in [-0.2, 0) is 23.1 Å². The summed E-state index contributed by atoms with van der Waals surface area (Å²) in [6, 6.07) is -0.691. The second-order valence-electron chi connectivity index (χ2n) is 10.1. The van der Waals surface area contributed by atoms with Gasteiger partial charge in [0.25, 0.3) is 5.56 Å². The molecule has 0 amide bonds. The Morgan fingerprint density at radius 2 is 2.00 bits per heavy atom. The number of H-pyrrole nitrogens is 1. The Morgan fingerprint density at radius 1 is 1.30 bits per heavy atom. The van der Waals surface area contributed by atoms with Gasteiger partial charge in [-0.25, -0.2) is 14.0 Å². The van der Waals surface area contributed by atoms with Crippen LogP contribution in [0.25, 0.3) is 10.4 Å². The average Bonchev–Trinajstić information content (AvgIpc) is 3.25. The van der Waals surface area contributed by atoms with E-state index < -0.39 is 42.8 Å². The second kappa shape index (κ2) is 12.8. The minimum atomic E-state index is -3.73. The maximum absolute atomic E-state index is 13.9. The molecule has 1 aromatic heterocycles. The van der Waals surface area contributed by atoms with Gasteiger partial charge in [-0.1, -0.05) is 44.1 Å². The van der Waals surface area contributed by atoms with E-state index in [2.05, 4.69) is 15.0 Å². The standard InChI is InChI=1S/C22H35N6O7PS/c1-15-13-28(21(31)24-19(15)29)18-12-16(25-26-23)17(35-18)14-34-36(32,27-8-6-5-7-9-27)33-10-11-37-20(30)22(2,3)4/h13,16-18H,5-12,14H2,1-4H3,(H,24,29,31)/t16-,17+,18+,36?/m0/s1. The lowest BCUT2D eigenvalue weighted by Crippen LogP contribution is -2.34. The quantitative estimate of drug-likeness (QED) is 0.148. The Morgan fingerprint density at radius 3 is 2.65 bits per heavy atom. The van der Waals surface area contributed by atoms with Crippen LogP contribution in [0.15, 0.2) is 20.9 Å². The number of aromatic nitrogens is 2. The van der Waals surface area contributed by atoms with Crippen LogP contribution < -0.4 is 11.2 Å². The maximum Gasteiger partial charge on any atom is 0.408 e. The number of azide groups is 1. The summed E-state index contributed by atoms with van der Waals surface area (Å²) in [6.07, 6.45) is 2.69. The zero-order valence-electron chi connectivity index (χ0n) is 21.6. The normalized spacial score (nSPS) is 24.4. The van der Waals surface area contributed by atoms with Crippen molar-refractivity contribution in [1.29, 1.82) is 0 Å². The molecule has 0 bridgehead atoms. The number of nitrogens with zero attached hydrogens (tertiary/aromatic N) is 5. The fourth-order valence-electron chi connectivity index (χ4n) is 4.02. The molecule has 0 aliphatic carbocycles. The molecule has 0 radical (unpaired) electrons. The third-order valence-electron chi connectivity index (χ3n) is 6.12. The van der Waals surface area contributed by atoms with Crippen LogP contribution >= 0.6 is 19.5 Å². The van der Waals surface area contributed by atoms with Crippen molar-refractivity contribution in [1.82, 2.24) is 14.2 Å². The molecule has 2 fully saturated rings. The number of aromatic amines is 1. The van der Waals surface area contributed by atoms with Crippen molar-refractivity contribution in [2.24, 2.45) is 10.5 Å². The molecule has 2 aliphatic heterocycles. The van der Waals surface area contributed by atoms with Crippen molar-refractivity contribution >= 4 is 24.6 Å². The Balaban J connectivity index is 1.70. The van der Waals surface area contributed by atoms with Gasteiger partial charge in [0, 0.05) is 47.4 Å². The lowest BCUT2D eigenvalue weighted by atomic mass is 10.00. The largest absolute Gasteiger partial charge is 0.408 e. The van der Waals surface area contributed by atoms with Crippen molar-refractivity contribution in [2.75, 3.05) is 32.1 Å². The minimum Gasteiger partial charge on any atom is -0.352 e. The van der Waals surface area contributed by atoms with Gasteiger partial charge in [0.1, 0.15) is 6.23 Å². The van der Waals surface area contributed by atoms with Gasteiger partial charge in [0.2, 0.25) is 0 Å². The Labute approximate surface area is 219 Å². The number of rotatable bonds is 10. The summed E-state index contributed by atoms with van der Waals surface area (Å²) in [5.41, 5.74) is 7.74. The van der Waals surface area contributed by atoms with E-state index in [1.807, 2.05) is 20.8 Å². The van der Waals surface area contributed by atoms with Crippen LogP contribution in [0.2, 0.25) is 0 Å². The number of hydrogen-bond donors (Lipinski definition) is 1. The average molecular weight is 559 g/mol. The number of hydrogen-bond acceptors (Lipinski definition) is 9. The number of carbonyl (C=O) groups excluding carboxylic acids is 1. The first-order valence-corrected chi connectivity index (χ1v) is 14.8. The summed E-state index contributed by atoms with van der Waals surface area (Å²) in [4.78, 5) is 41.4. The summed E-state index contributed by atoms with van der Waals surface area (Å²) in [7, 11) is -3.73. The molecule has 15 heteroatoms. The smallest absolute Gasteiger partial charge is 0.352 e. The molecular weight excluding hydrogens is 523 g/mol. The molecule has 206 valence electrons. The Bertz CT molecular complexity index is 1170. The van der Waals surface area contributed by atoms with Crippen LogP contribution in [0.4, 0.5) is 0 Å². The molecule has 1 aromatic rings. The lowest BCUT2D eigenvalue weighted by Gasteiger charge is -2.33. The van der Waals surface area contributed by atoms with Crippen LogP contribution in [0.1, 0.15) is 58.2 Å². The first-order valence-electron chi connectivity index (χ1n) is 12.3. The fraction of sp³-hybridized carbons (Fsp3) is 0.773. The summed E-state index contributed by atoms with van der Waals surface area (Å²) < 4.78 is 34.4. The zero-order valence-corrected chi connectivity index (χ0v) is 23.3. The van der Waals surface area contributed by atoms with Gasteiger partial charge in [-0.05, 0) is 25.3 Å². The minimum absolute atomic E-state index is 0.0140. The fourth-order valence-corrected chi connectivity index (χ4v) is 6.76. The van der Waals surface area contributed by atoms with Gasteiger partial charge < -0.3 is 4.74 Å².